The second kappa shape index (κ2) is 10.3. The first-order valence-electron chi connectivity index (χ1n) is 9.37. The molecule has 152 valence electrons. The van der Waals surface area contributed by atoms with Crippen LogP contribution in [-0.4, -0.2) is 29.2 Å². The van der Waals surface area contributed by atoms with Crippen molar-refractivity contribution in [2.45, 2.75) is 31.0 Å². The first-order chi connectivity index (χ1) is 14.0. The van der Waals surface area contributed by atoms with E-state index in [0.29, 0.717) is 6.61 Å². The van der Waals surface area contributed by atoms with Crippen LogP contribution in [0.4, 0.5) is 11.4 Å². The minimum atomic E-state index is -0.110. The number of aromatic nitrogens is 1. The van der Waals surface area contributed by atoms with Crippen LogP contribution in [0.1, 0.15) is 26.7 Å². The number of thiazole rings is 1. The summed E-state index contributed by atoms with van der Waals surface area (Å²) in [6.45, 7) is 4.30. The van der Waals surface area contributed by atoms with Crippen molar-refractivity contribution in [1.29, 1.82) is 0 Å². The van der Waals surface area contributed by atoms with E-state index in [0.717, 1.165) is 44.5 Å². The first-order valence-corrected chi connectivity index (χ1v) is 11.2. The predicted octanol–water partition coefficient (Wildman–Crippen LogP) is 5.16. The number of unbranched alkanes of at least 4 members (excludes halogenated alkanes) is 1. The molecule has 6 nitrogen and oxygen atoms in total. The lowest BCUT2D eigenvalue weighted by molar-refractivity contribution is -0.114. The Morgan fingerprint density at radius 1 is 1.10 bits per heavy atom. The van der Waals surface area contributed by atoms with E-state index in [1.807, 2.05) is 42.5 Å². The molecule has 0 unspecified atom stereocenters. The highest BCUT2D eigenvalue weighted by atomic mass is 32.2. The van der Waals surface area contributed by atoms with Gasteiger partial charge in [0, 0.05) is 18.3 Å². The molecule has 1 heterocycles. The smallest absolute Gasteiger partial charge is 0.234 e. The number of anilines is 2. The van der Waals surface area contributed by atoms with Crippen molar-refractivity contribution in [3.63, 3.8) is 0 Å². The van der Waals surface area contributed by atoms with Crippen molar-refractivity contribution >= 4 is 56.5 Å². The highest BCUT2D eigenvalue weighted by molar-refractivity contribution is 8.01. The largest absolute Gasteiger partial charge is 0.494 e. The molecule has 0 spiro atoms. The van der Waals surface area contributed by atoms with Gasteiger partial charge in [0.25, 0.3) is 0 Å². The number of benzene rings is 2. The Morgan fingerprint density at radius 3 is 2.59 bits per heavy atom. The molecule has 3 rings (SSSR count). The third-order valence-corrected chi connectivity index (χ3v) is 6.08. The number of carbonyl (C=O) groups excluding carboxylic acids is 2. The molecule has 0 fully saturated rings. The van der Waals surface area contributed by atoms with Crippen LogP contribution in [0.3, 0.4) is 0 Å². The van der Waals surface area contributed by atoms with E-state index < -0.39 is 0 Å². The molecule has 0 radical (unpaired) electrons. The number of nitrogens with zero attached hydrogens (tertiary/aromatic N) is 1. The maximum atomic E-state index is 12.2. The molecule has 0 aliphatic rings. The summed E-state index contributed by atoms with van der Waals surface area (Å²) < 4.78 is 7.41. The summed E-state index contributed by atoms with van der Waals surface area (Å²) in [7, 11) is 0. The second-order valence-electron chi connectivity index (χ2n) is 6.41. The van der Waals surface area contributed by atoms with E-state index in [4.69, 9.17) is 4.74 Å². The third kappa shape index (κ3) is 6.47. The van der Waals surface area contributed by atoms with E-state index in [9.17, 15) is 9.59 Å². The maximum Gasteiger partial charge on any atom is 0.234 e. The number of fused-ring (bicyclic) bond motifs is 1. The summed E-state index contributed by atoms with van der Waals surface area (Å²) in [6.07, 6.45) is 2.12. The zero-order valence-corrected chi connectivity index (χ0v) is 18.0. The third-order valence-electron chi connectivity index (χ3n) is 3.92. The summed E-state index contributed by atoms with van der Waals surface area (Å²) in [5, 5.41) is 5.65. The van der Waals surface area contributed by atoms with Crippen molar-refractivity contribution in [2.24, 2.45) is 0 Å². The minimum absolute atomic E-state index is 0.0900. The Labute approximate surface area is 178 Å². The Hall–Kier alpha value is -2.58. The van der Waals surface area contributed by atoms with E-state index in [2.05, 4.69) is 22.5 Å². The molecule has 0 bridgehead atoms. The van der Waals surface area contributed by atoms with E-state index in [-0.39, 0.29) is 17.6 Å². The zero-order valence-electron chi connectivity index (χ0n) is 16.4. The highest BCUT2D eigenvalue weighted by Crippen LogP contribution is 2.31. The molecule has 0 atom stereocenters. The predicted molar refractivity (Wildman–Crippen MR) is 120 cm³/mol. The monoisotopic (exact) mass is 429 g/mol. The van der Waals surface area contributed by atoms with Crippen LogP contribution in [0.25, 0.3) is 10.2 Å². The van der Waals surface area contributed by atoms with Gasteiger partial charge >= 0.3 is 0 Å². The molecule has 29 heavy (non-hydrogen) atoms. The van der Waals surface area contributed by atoms with Gasteiger partial charge in [-0.3, -0.25) is 9.59 Å². The van der Waals surface area contributed by atoms with Crippen molar-refractivity contribution in [3.8, 4) is 5.75 Å². The fourth-order valence-corrected chi connectivity index (χ4v) is 4.45. The summed E-state index contributed by atoms with van der Waals surface area (Å²) in [5.41, 5.74) is 2.33. The lowest BCUT2D eigenvalue weighted by Gasteiger charge is -2.07. The summed E-state index contributed by atoms with van der Waals surface area (Å²) >= 11 is 2.90. The van der Waals surface area contributed by atoms with Crippen molar-refractivity contribution < 1.29 is 14.3 Å². The fourth-order valence-electron chi connectivity index (χ4n) is 2.54. The molecule has 2 amide bonds. The highest BCUT2D eigenvalue weighted by Gasteiger charge is 2.09. The molecule has 0 aliphatic carbocycles. The summed E-state index contributed by atoms with van der Waals surface area (Å²) in [4.78, 5) is 28.0. The molecular weight excluding hydrogens is 406 g/mol. The van der Waals surface area contributed by atoms with Crippen LogP contribution < -0.4 is 15.4 Å². The quantitative estimate of drug-likeness (QED) is 0.363. The van der Waals surface area contributed by atoms with E-state index in [1.165, 1.54) is 30.0 Å². The summed E-state index contributed by atoms with van der Waals surface area (Å²) in [5.74, 6) is 0.875. The van der Waals surface area contributed by atoms with Gasteiger partial charge in [0.05, 0.1) is 22.6 Å². The molecule has 3 aromatic rings. The van der Waals surface area contributed by atoms with Gasteiger partial charge in [-0.05, 0) is 48.9 Å². The van der Waals surface area contributed by atoms with E-state index in [1.54, 1.807) is 0 Å². The first kappa shape index (κ1) is 21.1. The SMILES string of the molecule is CCCCOc1ccc(NC(=O)CSc2nc3ccc(NC(C)=O)cc3s2)cc1. The van der Waals surface area contributed by atoms with Gasteiger partial charge in [-0.1, -0.05) is 25.1 Å². The maximum absolute atomic E-state index is 12.2. The fraction of sp³-hybridized carbons (Fsp3) is 0.286. The van der Waals surface area contributed by atoms with Crippen LogP contribution in [0.5, 0.6) is 5.75 Å². The molecule has 0 saturated heterocycles. The average molecular weight is 430 g/mol. The van der Waals surface area contributed by atoms with E-state index >= 15 is 0 Å². The number of hydrogen-bond donors (Lipinski definition) is 2. The van der Waals surface area contributed by atoms with Crippen LogP contribution in [0.2, 0.25) is 0 Å². The van der Waals surface area contributed by atoms with Gasteiger partial charge in [-0.15, -0.1) is 11.3 Å². The van der Waals surface area contributed by atoms with Crippen molar-refractivity contribution in [2.75, 3.05) is 23.0 Å². The Bertz CT molecular complexity index is 987. The minimum Gasteiger partial charge on any atom is -0.494 e. The second-order valence-corrected chi connectivity index (χ2v) is 8.66. The van der Waals surface area contributed by atoms with Crippen LogP contribution in [0, 0.1) is 0 Å². The molecular formula is C21H23N3O3S2. The standard InChI is InChI=1S/C21H23N3O3S2/c1-3-4-11-27-17-8-5-15(6-9-17)23-20(26)13-28-21-24-18-10-7-16(22-14(2)25)12-19(18)29-21/h5-10,12H,3-4,11,13H2,1-2H3,(H,22,25)(H,23,26). The van der Waals surface area contributed by atoms with Gasteiger partial charge < -0.3 is 15.4 Å². The number of rotatable bonds is 9. The number of amides is 2. The normalized spacial score (nSPS) is 10.7. The lowest BCUT2D eigenvalue weighted by atomic mass is 10.3. The number of hydrogen-bond acceptors (Lipinski definition) is 6. The molecule has 0 aliphatic heterocycles. The molecule has 2 aromatic carbocycles. The van der Waals surface area contributed by atoms with Crippen molar-refractivity contribution in [1.82, 2.24) is 4.98 Å². The molecule has 2 N–H and O–H groups in total. The number of ether oxygens (including phenoxy) is 1. The lowest BCUT2D eigenvalue weighted by Crippen LogP contribution is -2.13. The number of thioether (sulfide) groups is 1. The van der Waals surface area contributed by atoms with Crippen LogP contribution in [0.15, 0.2) is 46.8 Å². The van der Waals surface area contributed by atoms with Gasteiger partial charge in [-0.2, -0.15) is 0 Å². The van der Waals surface area contributed by atoms with Crippen molar-refractivity contribution in [3.05, 3.63) is 42.5 Å². The molecule has 0 saturated carbocycles. The molecule has 1 aromatic heterocycles. The number of nitrogens with one attached hydrogen (secondary N) is 2. The zero-order chi connectivity index (χ0) is 20.6. The van der Waals surface area contributed by atoms with Gasteiger partial charge in [0.1, 0.15) is 5.75 Å². The van der Waals surface area contributed by atoms with Crippen LogP contribution >= 0.6 is 23.1 Å². The van der Waals surface area contributed by atoms with Crippen LogP contribution in [-0.2, 0) is 9.59 Å². The Morgan fingerprint density at radius 2 is 1.86 bits per heavy atom. The Kier molecular flexibility index (Phi) is 7.48. The average Bonchev–Trinajstić information content (AvgIpc) is 3.10. The Balaban J connectivity index is 1.51. The van der Waals surface area contributed by atoms with Gasteiger partial charge in [0.2, 0.25) is 11.8 Å². The van der Waals surface area contributed by atoms with Gasteiger partial charge in [0.15, 0.2) is 4.34 Å². The number of carbonyl (C=O) groups is 2. The summed E-state index contributed by atoms with van der Waals surface area (Å²) in [6, 6.07) is 13.0. The topological polar surface area (TPSA) is 80.3 Å². The molecule has 8 heteroatoms. The van der Waals surface area contributed by atoms with Gasteiger partial charge in [-0.25, -0.2) is 4.98 Å².